The largest absolute Gasteiger partial charge is 0.478 e. The van der Waals surface area contributed by atoms with Gasteiger partial charge in [0.25, 0.3) is 5.91 Å². The minimum absolute atomic E-state index is 0.00860. The van der Waals surface area contributed by atoms with Crippen LogP contribution in [0.2, 0.25) is 0 Å². The highest BCUT2D eigenvalue weighted by atomic mass is 16.4. The van der Waals surface area contributed by atoms with Crippen LogP contribution in [0.5, 0.6) is 0 Å². The molecule has 1 unspecified atom stereocenters. The maximum Gasteiger partial charge on any atom is 0.336 e. The number of hydrogen-bond donors (Lipinski definition) is 5. The number of nitrogens with one attached hydrogen (secondary N) is 2. The fraction of sp³-hybridized carbons (Fsp3) is 0.219. The molecule has 0 aliphatic carbocycles. The molecule has 206 valence electrons. The number of aromatic carboxylic acids is 2. The molecule has 0 aromatic heterocycles. The Labute approximate surface area is 232 Å². The first-order valence-electron chi connectivity index (χ1n) is 13.0. The number of amides is 1. The molecule has 0 saturated heterocycles. The van der Waals surface area contributed by atoms with Crippen molar-refractivity contribution >= 4 is 28.6 Å². The second-order valence-corrected chi connectivity index (χ2v) is 9.81. The molecular formula is C32H32N2O6. The van der Waals surface area contributed by atoms with Crippen molar-refractivity contribution in [3.63, 3.8) is 0 Å². The summed E-state index contributed by atoms with van der Waals surface area (Å²) in [6.45, 7) is 4.66. The molecule has 0 fully saturated rings. The third-order valence-corrected chi connectivity index (χ3v) is 6.81. The van der Waals surface area contributed by atoms with Crippen LogP contribution >= 0.6 is 0 Å². The van der Waals surface area contributed by atoms with Gasteiger partial charge in [-0.05, 0) is 56.0 Å². The number of carbonyl (C=O) groups is 3. The highest BCUT2D eigenvalue weighted by molar-refractivity contribution is 6.19. The van der Waals surface area contributed by atoms with E-state index < -0.39 is 24.1 Å². The van der Waals surface area contributed by atoms with E-state index in [4.69, 9.17) is 0 Å². The summed E-state index contributed by atoms with van der Waals surface area (Å²) in [6.07, 6.45) is -0.114. The van der Waals surface area contributed by atoms with E-state index in [1.807, 2.05) is 62.4 Å². The van der Waals surface area contributed by atoms with E-state index in [0.717, 1.165) is 22.3 Å². The van der Waals surface area contributed by atoms with Gasteiger partial charge in [-0.3, -0.25) is 10.1 Å². The number of aryl methyl sites for hydroxylation is 2. The fourth-order valence-corrected chi connectivity index (χ4v) is 4.91. The van der Waals surface area contributed by atoms with Crippen molar-refractivity contribution in [2.45, 2.75) is 32.9 Å². The summed E-state index contributed by atoms with van der Waals surface area (Å²) < 4.78 is 0. The minimum atomic E-state index is -1.31. The van der Waals surface area contributed by atoms with Crippen molar-refractivity contribution in [1.82, 2.24) is 10.6 Å². The quantitative estimate of drug-likeness (QED) is 0.175. The zero-order chi connectivity index (χ0) is 28.8. The van der Waals surface area contributed by atoms with E-state index in [2.05, 4.69) is 10.6 Å². The van der Waals surface area contributed by atoms with Gasteiger partial charge in [0.1, 0.15) is 6.23 Å². The molecule has 40 heavy (non-hydrogen) atoms. The summed E-state index contributed by atoms with van der Waals surface area (Å²) in [7, 11) is 0. The Hall–Kier alpha value is -4.53. The molecule has 4 aromatic carbocycles. The molecule has 8 nitrogen and oxygen atoms in total. The zero-order valence-electron chi connectivity index (χ0n) is 22.4. The lowest BCUT2D eigenvalue weighted by molar-refractivity contribution is 0.0685. The highest BCUT2D eigenvalue weighted by Gasteiger charge is 2.25. The Balaban J connectivity index is 1.67. The van der Waals surface area contributed by atoms with Crippen molar-refractivity contribution in [2.75, 3.05) is 13.1 Å². The number of rotatable bonds is 11. The van der Waals surface area contributed by atoms with E-state index in [1.54, 1.807) is 0 Å². The summed E-state index contributed by atoms with van der Waals surface area (Å²) in [5.41, 5.74) is 4.10. The van der Waals surface area contributed by atoms with E-state index in [-0.39, 0.29) is 33.0 Å². The van der Waals surface area contributed by atoms with Gasteiger partial charge in [0.2, 0.25) is 0 Å². The van der Waals surface area contributed by atoms with Gasteiger partial charge in [-0.15, -0.1) is 0 Å². The van der Waals surface area contributed by atoms with Gasteiger partial charge < -0.3 is 20.6 Å². The van der Waals surface area contributed by atoms with Gasteiger partial charge in [-0.2, -0.15) is 0 Å². The van der Waals surface area contributed by atoms with E-state index >= 15 is 0 Å². The van der Waals surface area contributed by atoms with Crippen molar-refractivity contribution in [3.05, 3.63) is 117 Å². The molecule has 0 aliphatic rings. The summed E-state index contributed by atoms with van der Waals surface area (Å²) in [4.78, 5) is 37.7. The van der Waals surface area contributed by atoms with Gasteiger partial charge in [-0.25, -0.2) is 9.59 Å². The predicted molar refractivity (Wildman–Crippen MR) is 153 cm³/mol. The van der Waals surface area contributed by atoms with Crippen molar-refractivity contribution in [2.24, 2.45) is 0 Å². The number of fused-ring (bicyclic) bond motifs is 1. The Morgan fingerprint density at radius 3 is 1.80 bits per heavy atom. The van der Waals surface area contributed by atoms with Crippen LogP contribution in [0.25, 0.3) is 10.8 Å². The maximum atomic E-state index is 13.3. The van der Waals surface area contributed by atoms with Crippen LogP contribution in [0, 0.1) is 13.8 Å². The van der Waals surface area contributed by atoms with Crippen LogP contribution in [-0.2, 0) is 12.8 Å². The van der Waals surface area contributed by atoms with Gasteiger partial charge in [-0.1, -0.05) is 65.7 Å². The number of carboxylic acid groups (broad SMARTS) is 2. The maximum absolute atomic E-state index is 13.3. The molecular weight excluding hydrogens is 508 g/mol. The molecule has 4 rings (SSSR count). The Kier molecular flexibility index (Phi) is 8.93. The van der Waals surface area contributed by atoms with E-state index in [1.165, 1.54) is 24.3 Å². The molecule has 0 saturated carbocycles. The number of benzene rings is 4. The molecule has 4 aromatic rings. The van der Waals surface area contributed by atoms with Gasteiger partial charge in [0.15, 0.2) is 0 Å². The van der Waals surface area contributed by atoms with Crippen LogP contribution < -0.4 is 10.6 Å². The third-order valence-electron chi connectivity index (χ3n) is 6.81. The highest BCUT2D eigenvalue weighted by Crippen LogP contribution is 2.33. The first kappa shape index (κ1) is 28.5. The monoisotopic (exact) mass is 540 g/mol. The van der Waals surface area contributed by atoms with E-state index in [9.17, 15) is 29.7 Å². The van der Waals surface area contributed by atoms with Crippen molar-refractivity contribution in [1.29, 1.82) is 0 Å². The molecule has 0 bridgehead atoms. The zero-order valence-corrected chi connectivity index (χ0v) is 22.4. The molecule has 0 heterocycles. The topological polar surface area (TPSA) is 136 Å². The van der Waals surface area contributed by atoms with Gasteiger partial charge >= 0.3 is 11.9 Å². The summed E-state index contributed by atoms with van der Waals surface area (Å²) in [6, 6.07) is 21.1. The molecule has 0 spiro atoms. The molecule has 1 atom stereocenters. The average molecular weight is 541 g/mol. The summed E-state index contributed by atoms with van der Waals surface area (Å²) >= 11 is 0. The molecule has 0 radical (unpaired) electrons. The summed E-state index contributed by atoms with van der Waals surface area (Å²) in [5, 5.41) is 36.7. The van der Waals surface area contributed by atoms with Crippen LogP contribution in [-0.4, -0.2) is 46.3 Å². The Morgan fingerprint density at radius 2 is 1.23 bits per heavy atom. The van der Waals surface area contributed by atoms with E-state index in [0.29, 0.717) is 25.9 Å². The van der Waals surface area contributed by atoms with Gasteiger partial charge in [0.05, 0.1) is 11.1 Å². The predicted octanol–water partition coefficient (Wildman–Crippen LogP) is 4.65. The Morgan fingerprint density at radius 1 is 0.700 bits per heavy atom. The normalized spacial score (nSPS) is 11.8. The Bertz CT molecular complexity index is 1580. The lowest BCUT2D eigenvalue weighted by Gasteiger charge is -2.20. The average Bonchev–Trinajstić information content (AvgIpc) is 2.91. The van der Waals surface area contributed by atoms with Crippen LogP contribution in [0.3, 0.4) is 0 Å². The number of carboxylic acids is 2. The first-order valence-corrected chi connectivity index (χ1v) is 13.0. The number of aliphatic hydroxyl groups excluding tert-OH is 1. The number of aliphatic hydroxyl groups is 1. The van der Waals surface area contributed by atoms with Crippen molar-refractivity contribution < 1.29 is 29.7 Å². The van der Waals surface area contributed by atoms with Crippen molar-refractivity contribution in [3.8, 4) is 0 Å². The smallest absolute Gasteiger partial charge is 0.336 e. The molecule has 0 aliphatic heterocycles. The fourth-order valence-electron chi connectivity index (χ4n) is 4.91. The number of hydrogen-bond acceptors (Lipinski definition) is 5. The SMILES string of the molecule is Cc1cccc(CCNC(=O)c2ccc(C(=O)O)c3c(C(O)NCCc4cccc(C)c4)ccc(C(=O)O)c23)c1. The van der Waals surface area contributed by atoms with Crippen LogP contribution in [0.15, 0.2) is 72.8 Å². The minimum Gasteiger partial charge on any atom is -0.478 e. The van der Waals surface area contributed by atoms with Crippen LogP contribution in [0.1, 0.15) is 65.1 Å². The molecule has 8 heteroatoms. The molecule has 5 N–H and O–H groups in total. The second kappa shape index (κ2) is 12.5. The lowest BCUT2D eigenvalue weighted by Crippen LogP contribution is -2.27. The number of carbonyl (C=O) groups excluding carboxylic acids is 1. The second-order valence-electron chi connectivity index (χ2n) is 9.81. The summed E-state index contributed by atoms with van der Waals surface area (Å²) in [5.74, 6) is -3.14. The standard InChI is InChI=1S/C32H32N2O6/c1-19-5-3-7-21(17-19)13-15-33-29(35)23-9-11-26(32(39)40)28-24(10-12-25(27(23)28)31(37)38)30(36)34-16-14-22-8-4-6-20(2)18-22/h3-12,17-18,29,33,35H,13-16H2,1-2H3,(H,34,36)(H,37,38)(H,39,40). The molecule has 1 amide bonds. The first-order chi connectivity index (χ1) is 19.2. The third kappa shape index (κ3) is 6.54. The van der Waals surface area contributed by atoms with Crippen LogP contribution in [0.4, 0.5) is 0 Å². The van der Waals surface area contributed by atoms with Gasteiger partial charge in [0, 0.05) is 35.0 Å². The lowest BCUT2D eigenvalue weighted by atomic mass is 9.90.